The normalized spacial score (nSPS) is 14.5. The molecule has 0 unspecified atom stereocenters. The van der Waals surface area contributed by atoms with Crippen LogP contribution >= 0.6 is 23.4 Å². The minimum absolute atomic E-state index is 0.0711. The van der Waals surface area contributed by atoms with Crippen molar-refractivity contribution >= 4 is 52.6 Å². The predicted octanol–water partition coefficient (Wildman–Crippen LogP) is 7.48. The molecule has 0 aliphatic carbocycles. The molecular weight excluding hydrogens is 584 g/mol. The Morgan fingerprint density at radius 2 is 1.65 bits per heavy atom. The summed E-state index contributed by atoms with van der Waals surface area (Å²) < 4.78 is 11.8. The number of amides is 3. The van der Waals surface area contributed by atoms with Crippen LogP contribution in [-0.2, 0) is 21.6 Å². The summed E-state index contributed by atoms with van der Waals surface area (Å²) in [4.78, 5) is 39.0. The zero-order valence-electron chi connectivity index (χ0n) is 24.7. The van der Waals surface area contributed by atoms with E-state index in [2.05, 4.69) is 50.4 Å². The van der Waals surface area contributed by atoms with Crippen LogP contribution < -0.4 is 14.8 Å². The predicted molar refractivity (Wildman–Crippen MR) is 173 cm³/mol. The van der Waals surface area contributed by atoms with Gasteiger partial charge in [-0.15, -0.1) is 0 Å². The Morgan fingerprint density at radius 3 is 2.33 bits per heavy atom. The summed E-state index contributed by atoms with van der Waals surface area (Å²) in [5.74, 6) is 0.469. The number of rotatable bonds is 11. The second kappa shape index (κ2) is 14.4. The molecule has 0 aromatic heterocycles. The molecule has 1 N–H and O–H groups in total. The lowest BCUT2D eigenvalue weighted by molar-refractivity contribution is -0.123. The highest BCUT2D eigenvalue weighted by Crippen LogP contribution is 2.32. The molecule has 43 heavy (non-hydrogen) atoms. The summed E-state index contributed by atoms with van der Waals surface area (Å²) in [5, 5.41) is 2.94. The van der Waals surface area contributed by atoms with Crippen LogP contribution in [0.15, 0.2) is 77.7 Å². The third-order valence-corrected chi connectivity index (χ3v) is 7.74. The van der Waals surface area contributed by atoms with Crippen molar-refractivity contribution in [3.63, 3.8) is 0 Å². The van der Waals surface area contributed by atoms with Crippen molar-refractivity contribution in [3.05, 3.63) is 105 Å². The maximum absolute atomic E-state index is 12.7. The first-order valence-electron chi connectivity index (χ1n) is 14.0. The summed E-state index contributed by atoms with van der Waals surface area (Å²) in [5.41, 5.74) is 3.94. The Bertz CT molecular complexity index is 1530. The SMILES string of the molecule is CCOc1cc(C=CC(=O)NCCN2C(=O)SC(=Cc3ccc(Cl)cc3)C2=O)ccc1OCc1ccc(C(C)(C)C)cc1. The largest absolute Gasteiger partial charge is 0.490 e. The number of halogens is 1. The minimum atomic E-state index is -0.387. The summed E-state index contributed by atoms with van der Waals surface area (Å²) in [6.07, 6.45) is 4.72. The fourth-order valence-electron chi connectivity index (χ4n) is 4.20. The van der Waals surface area contributed by atoms with Crippen LogP contribution in [0.3, 0.4) is 0 Å². The number of imide groups is 1. The Kier molecular flexibility index (Phi) is 10.7. The third kappa shape index (κ3) is 8.99. The van der Waals surface area contributed by atoms with Crippen molar-refractivity contribution in [2.75, 3.05) is 19.7 Å². The number of nitrogens with one attached hydrogen (secondary N) is 1. The molecule has 1 aliphatic rings. The van der Waals surface area contributed by atoms with E-state index in [4.69, 9.17) is 21.1 Å². The molecule has 224 valence electrons. The molecule has 4 rings (SSSR count). The van der Waals surface area contributed by atoms with Gasteiger partial charge >= 0.3 is 0 Å². The number of hydrogen-bond donors (Lipinski definition) is 1. The Labute approximate surface area is 261 Å². The second-order valence-electron chi connectivity index (χ2n) is 10.9. The van der Waals surface area contributed by atoms with Crippen LogP contribution in [0.5, 0.6) is 11.5 Å². The van der Waals surface area contributed by atoms with Crippen molar-refractivity contribution in [1.82, 2.24) is 10.2 Å². The molecule has 1 heterocycles. The van der Waals surface area contributed by atoms with Crippen LogP contribution in [-0.4, -0.2) is 41.6 Å². The maximum atomic E-state index is 12.7. The molecule has 3 aromatic rings. The van der Waals surface area contributed by atoms with Gasteiger partial charge in [-0.25, -0.2) is 0 Å². The first-order valence-corrected chi connectivity index (χ1v) is 15.2. The number of carbonyl (C=O) groups excluding carboxylic acids is 3. The van der Waals surface area contributed by atoms with Crippen LogP contribution in [0, 0.1) is 0 Å². The van der Waals surface area contributed by atoms with E-state index >= 15 is 0 Å². The van der Waals surface area contributed by atoms with Gasteiger partial charge in [0.2, 0.25) is 5.91 Å². The van der Waals surface area contributed by atoms with Gasteiger partial charge in [-0.1, -0.05) is 74.8 Å². The Morgan fingerprint density at radius 1 is 0.953 bits per heavy atom. The molecule has 3 amide bonds. The molecule has 0 radical (unpaired) electrons. The van der Waals surface area contributed by atoms with E-state index in [-0.39, 0.29) is 35.6 Å². The standard InChI is InChI=1S/C34H35ClN2O5S/c1-5-41-29-20-23(10-16-28(29)42-22-25-6-12-26(13-7-25)34(2,3)4)11-17-31(38)36-18-19-37-32(39)30(43-33(37)40)21-24-8-14-27(35)15-9-24/h6-17,20-21H,5,18-19,22H2,1-4H3,(H,36,38). The van der Waals surface area contributed by atoms with E-state index in [1.165, 1.54) is 11.6 Å². The molecule has 1 saturated heterocycles. The van der Waals surface area contributed by atoms with Gasteiger partial charge in [-0.3, -0.25) is 19.3 Å². The van der Waals surface area contributed by atoms with E-state index in [9.17, 15) is 14.4 Å². The van der Waals surface area contributed by atoms with Gasteiger partial charge in [0.25, 0.3) is 11.1 Å². The fraction of sp³-hybridized carbons (Fsp3) is 0.265. The van der Waals surface area contributed by atoms with Crippen molar-refractivity contribution in [2.24, 2.45) is 0 Å². The van der Waals surface area contributed by atoms with Gasteiger partial charge < -0.3 is 14.8 Å². The zero-order valence-corrected chi connectivity index (χ0v) is 26.3. The van der Waals surface area contributed by atoms with Gasteiger partial charge in [-0.05, 0) is 82.8 Å². The Hall–Kier alpha value is -4.01. The number of nitrogens with zero attached hydrogens (tertiary/aromatic N) is 1. The third-order valence-electron chi connectivity index (χ3n) is 6.59. The summed E-state index contributed by atoms with van der Waals surface area (Å²) in [6.45, 7) is 9.52. The van der Waals surface area contributed by atoms with Crippen molar-refractivity contribution in [3.8, 4) is 11.5 Å². The summed E-state index contributed by atoms with van der Waals surface area (Å²) in [7, 11) is 0. The van der Waals surface area contributed by atoms with Crippen LogP contribution in [0.1, 0.15) is 49.9 Å². The summed E-state index contributed by atoms with van der Waals surface area (Å²) >= 11 is 6.78. The van der Waals surface area contributed by atoms with Crippen LogP contribution in [0.2, 0.25) is 5.02 Å². The topological polar surface area (TPSA) is 84.9 Å². The molecular formula is C34H35ClN2O5S. The van der Waals surface area contributed by atoms with Crippen LogP contribution in [0.4, 0.5) is 4.79 Å². The molecule has 7 nitrogen and oxygen atoms in total. The van der Waals surface area contributed by atoms with E-state index in [1.54, 1.807) is 36.4 Å². The Balaban J connectivity index is 1.29. The highest BCUT2D eigenvalue weighted by Gasteiger charge is 2.34. The van der Waals surface area contributed by atoms with E-state index in [0.29, 0.717) is 34.6 Å². The van der Waals surface area contributed by atoms with Crippen molar-refractivity contribution < 1.29 is 23.9 Å². The zero-order chi connectivity index (χ0) is 31.0. The van der Waals surface area contributed by atoms with Crippen LogP contribution in [0.25, 0.3) is 12.2 Å². The van der Waals surface area contributed by atoms with E-state index in [1.807, 2.05) is 25.1 Å². The average Bonchev–Trinajstić information content (AvgIpc) is 3.24. The number of thioether (sulfide) groups is 1. The number of carbonyl (C=O) groups is 3. The number of benzene rings is 3. The molecule has 3 aromatic carbocycles. The maximum Gasteiger partial charge on any atom is 0.293 e. The molecule has 9 heteroatoms. The lowest BCUT2D eigenvalue weighted by Gasteiger charge is -2.19. The molecule has 0 saturated carbocycles. The number of hydrogen-bond acceptors (Lipinski definition) is 6. The highest BCUT2D eigenvalue weighted by molar-refractivity contribution is 8.18. The van der Waals surface area contributed by atoms with Gasteiger partial charge in [-0.2, -0.15) is 0 Å². The summed E-state index contributed by atoms with van der Waals surface area (Å²) in [6, 6.07) is 20.9. The van der Waals surface area contributed by atoms with E-state index < -0.39 is 0 Å². The lowest BCUT2D eigenvalue weighted by Crippen LogP contribution is -2.36. The van der Waals surface area contributed by atoms with Crippen molar-refractivity contribution in [2.45, 2.75) is 39.7 Å². The lowest BCUT2D eigenvalue weighted by atomic mass is 9.87. The quantitative estimate of drug-likeness (QED) is 0.224. The minimum Gasteiger partial charge on any atom is -0.490 e. The van der Waals surface area contributed by atoms with Gasteiger partial charge in [0.05, 0.1) is 11.5 Å². The highest BCUT2D eigenvalue weighted by atomic mass is 35.5. The van der Waals surface area contributed by atoms with Gasteiger partial charge in [0.1, 0.15) is 6.61 Å². The van der Waals surface area contributed by atoms with Gasteiger partial charge in [0, 0.05) is 24.2 Å². The fourth-order valence-corrected chi connectivity index (χ4v) is 5.19. The van der Waals surface area contributed by atoms with Gasteiger partial charge in [0.15, 0.2) is 11.5 Å². The van der Waals surface area contributed by atoms with E-state index in [0.717, 1.165) is 33.4 Å². The average molecular weight is 619 g/mol. The first kappa shape index (κ1) is 31.9. The number of ether oxygens (including phenoxy) is 2. The molecule has 0 bridgehead atoms. The first-order chi connectivity index (χ1) is 20.5. The second-order valence-corrected chi connectivity index (χ2v) is 12.3. The monoisotopic (exact) mass is 618 g/mol. The smallest absolute Gasteiger partial charge is 0.293 e. The molecule has 0 spiro atoms. The van der Waals surface area contributed by atoms with Crippen molar-refractivity contribution in [1.29, 1.82) is 0 Å². The molecule has 0 atom stereocenters. The molecule has 1 fully saturated rings. The molecule has 1 aliphatic heterocycles.